The van der Waals surface area contributed by atoms with Crippen molar-refractivity contribution in [2.75, 3.05) is 19.5 Å². The molecule has 0 radical (unpaired) electrons. The minimum Gasteiger partial charge on any atom is -0.496 e. The zero-order chi connectivity index (χ0) is 31.4. The molecule has 0 bridgehead atoms. The third kappa shape index (κ3) is 6.74. The lowest BCUT2D eigenvalue weighted by atomic mass is 9.86. The van der Waals surface area contributed by atoms with Gasteiger partial charge in [-0.3, -0.25) is 14.9 Å². The number of aryl methyl sites for hydroxylation is 3. The van der Waals surface area contributed by atoms with Gasteiger partial charge in [-0.1, -0.05) is 63.6 Å². The number of thiazole rings is 1. The highest BCUT2D eigenvalue weighted by atomic mass is 35.5. The quantitative estimate of drug-likeness (QED) is 0.162. The Hall–Kier alpha value is -3.56. The van der Waals surface area contributed by atoms with E-state index in [2.05, 4.69) is 18.3 Å². The lowest BCUT2D eigenvalue weighted by Crippen LogP contribution is -2.20. The number of nitrogens with one attached hydrogen (secondary N) is 1. The summed E-state index contributed by atoms with van der Waals surface area (Å²) in [5.74, 6) is 0.339. The molecule has 1 amide bonds. The van der Waals surface area contributed by atoms with Crippen molar-refractivity contribution in [2.45, 2.75) is 78.2 Å². The second-order valence-electron chi connectivity index (χ2n) is 11.4. The van der Waals surface area contributed by atoms with Crippen LogP contribution >= 0.6 is 22.9 Å². The smallest absolute Gasteiger partial charge is 0.323 e. The van der Waals surface area contributed by atoms with E-state index in [1.165, 1.54) is 43.4 Å². The largest absolute Gasteiger partial charge is 0.496 e. The maximum absolute atomic E-state index is 13.9. The minimum absolute atomic E-state index is 0.289. The predicted octanol–water partition coefficient (Wildman–Crippen LogP) is 8.41. The Kier molecular flexibility index (Phi) is 10.2. The van der Waals surface area contributed by atoms with E-state index in [9.17, 15) is 14.7 Å². The number of anilines is 1. The number of fused-ring (bicyclic) bond motifs is 1. The first-order valence-corrected chi connectivity index (χ1v) is 16.5. The van der Waals surface area contributed by atoms with Crippen molar-refractivity contribution in [3.8, 4) is 22.8 Å². The number of aliphatic carboxylic acids is 1. The molecular weight excluding hydrogens is 598 g/mol. The molecule has 1 aliphatic carbocycles. The number of nitrogens with zero attached hydrogens (tertiary/aromatic N) is 2. The third-order valence-electron chi connectivity index (χ3n) is 8.60. The Morgan fingerprint density at radius 2 is 1.80 bits per heavy atom. The first kappa shape index (κ1) is 31.9. The van der Waals surface area contributed by atoms with Crippen LogP contribution in [0.2, 0.25) is 5.02 Å². The van der Waals surface area contributed by atoms with Crippen LogP contribution in [-0.4, -0.2) is 40.8 Å². The highest BCUT2D eigenvalue weighted by Crippen LogP contribution is 2.43. The monoisotopic (exact) mass is 637 g/mol. The summed E-state index contributed by atoms with van der Waals surface area (Å²) in [5.41, 5.74) is 4.70. The number of carboxylic acid groups (broad SMARTS) is 1. The second-order valence-corrected chi connectivity index (χ2v) is 12.9. The number of carboxylic acids is 1. The number of halogens is 1. The predicted molar refractivity (Wildman–Crippen MR) is 177 cm³/mol. The van der Waals surface area contributed by atoms with Gasteiger partial charge in [-0.25, -0.2) is 4.98 Å². The molecule has 10 heteroatoms. The summed E-state index contributed by atoms with van der Waals surface area (Å²) in [6.45, 7) is 3.81. The lowest BCUT2D eigenvalue weighted by molar-refractivity contribution is -0.137. The number of benzene rings is 2. The molecule has 0 aliphatic heterocycles. The average molecular weight is 638 g/mol. The molecule has 0 saturated heterocycles. The van der Waals surface area contributed by atoms with Crippen molar-refractivity contribution in [1.82, 2.24) is 9.55 Å². The van der Waals surface area contributed by atoms with E-state index in [1.807, 2.05) is 19.1 Å². The minimum atomic E-state index is -1.01. The molecule has 5 rings (SSSR count). The van der Waals surface area contributed by atoms with Crippen LogP contribution in [0.4, 0.5) is 5.13 Å². The van der Waals surface area contributed by atoms with Crippen molar-refractivity contribution >= 4 is 50.8 Å². The van der Waals surface area contributed by atoms with Crippen LogP contribution in [0.15, 0.2) is 30.3 Å². The molecule has 0 unspecified atom stereocenters. The molecular formula is C34H40ClN3O5S. The van der Waals surface area contributed by atoms with Crippen LogP contribution in [0.1, 0.15) is 78.9 Å². The maximum Gasteiger partial charge on any atom is 0.323 e. The molecule has 0 spiro atoms. The molecule has 1 aliphatic rings. The molecule has 1 saturated carbocycles. The van der Waals surface area contributed by atoms with E-state index in [0.29, 0.717) is 27.6 Å². The SMILES string of the molecule is CCc1cc(CC)c2c(c1)cc(C(=O)Nc1nc(-c3cc(OC)c(Cl)cc3OC)c(CCC3CCCCC3)s1)n2CC(=O)O. The summed E-state index contributed by atoms with van der Waals surface area (Å²) in [7, 11) is 3.16. The Morgan fingerprint density at radius 3 is 2.45 bits per heavy atom. The van der Waals surface area contributed by atoms with Gasteiger partial charge in [0.2, 0.25) is 0 Å². The van der Waals surface area contributed by atoms with Gasteiger partial charge >= 0.3 is 5.97 Å². The van der Waals surface area contributed by atoms with Crippen molar-refractivity contribution in [3.05, 3.63) is 57.1 Å². The van der Waals surface area contributed by atoms with Gasteiger partial charge in [0.15, 0.2) is 5.13 Å². The van der Waals surface area contributed by atoms with Gasteiger partial charge in [-0.05, 0) is 60.9 Å². The van der Waals surface area contributed by atoms with Crippen molar-refractivity contribution in [2.24, 2.45) is 5.92 Å². The van der Waals surface area contributed by atoms with Gasteiger partial charge in [0.05, 0.1) is 30.5 Å². The first-order chi connectivity index (χ1) is 21.3. The Labute approximate surface area is 267 Å². The Balaban J connectivity index is 1.54. The molecule has 4 aromatic rings. The van der Waals surface area contributed by atoms with Crippen LogP contribution in [0, 0.1) is 5.92 Å². The van der Waals surface area contributed by atoms with E-state index in [4.69, 9.17) is 26.1 Å². The number of amides is 1. The van der Waals surface area contributed by atoms with Crippen molar-refractivity contribution in [1.29, 1.82) is 0 Å². The van der Waals surface area contributed by atoms with Gasteiger partial charge in [0.1, 0.15) is 23.7 Å². The summed E-state index contributed by atoms with van der Waals surface area (Å²) >= 11 is 7.86. The molecule has 1 fully saturated rings. The number of rotatable bonds is 12. The lowest BCUT2D eigenvalue weighted by Gasteiger charge is -2.21. The van der Waals surface area contributed by atoms with Gasteiger partial charge in [0.25, 0.3) is 5.91 Å². The Morgan fingerprint density at radius 1 is 1.05 bits per heavy atom. The average Bonchev–Trinajstić information content (AvgIpc) is 3.60. The van der Waals surface area contributed by atoms with E-state index >= 15 is 0 Å². The van der Waals surface area contributed by atoms with Crippen molar-refractivity contribution in [3.63, 3.8) is 0 Å². The molecule has 0 atom stereocenters. The number of methoxy groups -OCH3 is 2. The number of hydrogen-bond donors (Lipinski definition) is 2. The van der Waals surface area contributed by atoms with Crippen LogP contribution in [0.25, 0.3) is 22.2 Å². The zero-order valence-electron chi connectivity index (χ0n) is 25.8. The number of ether oxygens (including phenoxy) is 2. The fourth-order valence-corrected chi connectivity index (χ4v) is 7.55. The van der Waals surface area contributed by atoms with Crippen LogP contribution in [-0.2, 0) is 30.6 Å². The molecule has 234 valence electrons. The summed E-state index contributed by atoms with van der Waals surface area (Å²) in [6.07, 6.45) is 9.76. The topological polar surface area (TPSA) is 103 Å². The fraction of sp³-hybridized carbons (Fsp3) is 0.441. The van der Waals surface area contributed by atoms with Crippen LogP contribution in [0.5, 0.6) is 11.5 Å². The standard InChI is InChI=1S/C34H40ClN3O5S/c1-5-20-14-22(6-2)32-23(15-20)16-26(38(32)19-30(39)40)33(41)37-34-36-31(24-17-28(43-4)25(35)18-27(24)42-3)29(44-34)13-12-21-10-8-7-9-11-21/h14-18,21H,5-13,19H2,1-4H3,(H,39,40)(H,36,37,41). The number of carbonyl (C=O) groups excluding carboxylic acids is 1. The number of aromatic nitrogens is 2. The van der Waals surface area contributed by atoms with Gasteiger partial charge in [-0.2, -0.15) is 0 Å². The third-order valence-corrected chi connectivity index (χ3v) is 9.92. The van der Waals surface area contributed by atoms with Crippen molar-refractivity contribution < 1.29 is 24.2 Å². The molecule has 8 nitrogen and oxygen atoms in total. The summed E-state index contributed by atoms with van der Waals surface area (Å²) < 4.78 is 12.8. The summed E-state index contributed by atoms with van der Waals surface area (Å²) in [5, 5.41) is 14.5. The molecule has 2 aromatic carbocycles. The normalized spacial score (nSPS) is 13.8. The van der Waals surface area contributed by atoms with E-state index in [1.54, 1.807) is 30.9 Å². The molecule has 2 aromatic heterocycles. The van der Waals surface area contributed by atoms with Gasteiger partial charge in [0, 0.05) is 21.9 Å². The van der Waals surface area contributed by atoms with Crippen LogP contribution < -0.4 is 14.8 Å². The number of carbonyl (C=O) groups is 2. The van der Waals surface area contributed by atoms with E-state index < -0.39 is 11.9 Å². The second kappa shape index (κ2) is 14.0. The highest BCUT2D eigenvalue weighted by Gasteiger charge is 2.24. The zero-order valence-corrected chi connectivity index (χ0v) is 27.4. The number of hydrogen-bond acceptors (Lipinski definition) is 6. The highest BCUT2D eigenvalue weighted by molar-refractivity contribution is 7.16. The summed E-state index contributed by atoms with van der Waals surface area (Å²) in [6, 6.07) is 9.47. The van der Waals surface area contributed by atoms with Gasteiger partial charge in [-0.15, -0.1) is 11.3 Å². The first-order valence-electron chi connectivity index (χ1n) is 15.4. The van der Waals surface area contributed by atoms with Crippen LogP contribution in [0.3, 0.4) is 0 Å². The summed E-state index contributed by atoms with van der Waals surface area (Å²) in [4.78, 5) is 31.7. The maximum atomic E-state index is 13.9. The Bertz CT molecular complexity index is 1670. The molecule has 2 N–H and O–H groups in total. The van der Waals surface area contributed by atoms with Gasteiger partial charge < -0.3 is 19.1 Å². The molecule has 2 heterocycles. The molecule has 44 heavy (non-hydrogen) atoms. The van der Waals surface area contributed by atoms with E-state index in [0.717, 1.165) is 63.8 Å². The van der Waals surface area contributed by atoms with E-state index in [-0.39, 0.29) is 12.2 Å². The fourth-order valence-electron chi connectivity index (χ4n) is 6.34.